The molecule has 0 heterocycles. The number of rotatable bonds is 4. The third-order valence-electron chi connectivity index (χ3n) is 2.44. The van der Waals surface area contributed by atoms with E-state index >= 15 is 0 Å². The Labute approximate surface area is 107 Å². The normalized spacial score (nSPS) is 17.3. The van der Waals surface area contributed by atoms with Gasteiger partial charge in [-0.2, -0.15) is 0 Å². The summed E-state index contributed by atoms with van der Waals surface area (Å²) in [4.78, 5) is 11.8. The van der Waals surface area contributed by atoms with Crippen LogP contribution in [0.15, 0.2) is 46.9 Å². The number of carbonyl (C=O) groups excluding carboxylic acids is 1. The van der Waals surface area contributed by atoms with Gasteiger partial charge in [-0.05, 0) is 12.5 Å². The van der Waals surface area contributed by atoms with Gasteiger partial charge in [0.1, 0.15) is 5.71 Å². The van der Waals surface area contributed by atoms with Gasteiger partial charge >= 0.3 is 0 Å². The molecule has 5 heteroatoms. The average Bonchev–Trinajstić information content (AvgIpc) is 2.29. The van der Waals surface area contributed by atoms with Crippen LogP contribution in [-0.4, -0.2) is 26.2 Å². The van der Waals surface area contributed by atoms with E-state index in [1.165, 1.54) is 6.08 Å². The van der Waals surface area contributed by atoms with Crippen molar-refractivity contribution >= 4 is 21.3 Å². The van der Waals surface area contributed by atoms with Gasteiger partial charge < -0.3 is 0 Å². The number of hydrogen-bond donors (Lipinski definition) is 1. The van der Waals surface area contributed by atoms with Crippen LogP contribution in [0.2, 0.25) is 0 Å². The Morgan fingerprint density at radius 1 is 1.39 bits per heavy atom. The van der Waals surface area contributed by atoms with Crippen LogP contribution in [0.1, 0.15) is 13.3 Å². The lowest BCUT2D eigenvalue weighted by atomic mass is 9.94. The molecule has 0 bridgehead atoms. The van der Waals surface area contributed by atoms with Crippen LogP contribution in [0.25, 0.3) is 0 Å². The first-order valence-electron chi connectivity index (χ1n) is 5.41. The molecule has 0 saturated heterocycles. The third-order valence-corrected chi connectivity index (χ3v) is 3.58. The first-order valence-corrected chi connectivity index (χ1v) is 7.30. The molecule has 0 aliphatic heterocycles. The summed E-state index contributed by atoms with van der Waals surface area (Å²) in [7, 11) is -3.50. The molecule has 0 aromatic carbocycles. The van der Waals surface area contributed by atoms with E-state index < -0.39 is 15.6 Å². The number of ketones is 1. The van der Waals surface area contributed by atoms with E-state index in [4.69, 9.17) is 5.41 Å². The molecule has 0 saturated carbocycles. The molecule has 0 aromatic rings. The predicted octanol–water partition coefficient (Wildman–Crippen LogP) is 1.97. The van der Waals surface area contributed by atoms with Gasteiger partial charge in [-0.25, -0.2) is 8.42 Å². The van der Waals surface area contributed by atoms with Gasteiger partial charge in [0.05, 0.1) is 4.91 Å². The summed E-state index contributed by atoms with van der Waals surface area (Å²) in [5.41, 5.74) is 0.153. The standard InChI is InChI=1S/C13H15NO3S/c1-4-6-7-10-9(5-2)12(18(3,16)17)8-11(14)13(10)15/h5-8,14H,2,4H2,1,3H3/b7-6-,14-11?. The summed E-state index contributed by atoms with van der Waals surface area (Å²) in [5, 5.41) is 7.54. The Hall–Kier alpha value is -1.75. The topological polar surface area (TPSA) is 75.1 Å². The minimum Gasteiger partial charge on any atom is -0.297 e. The molecule has 0 spiro atoms. The molecule has 1 aliphatic rings. The molecule has 1 rings (SSSR count). The quantitative estimate of drug-likeness (QED) is 0.789. The summed E-state index contributed by atoms with van der Waals surface area (Å²) in [6.07, 6.45) is 7.48. The van der Waals surface area contributed by atoms with E-state index in [-0.39, 0.29) is 21.8 Å². The van der Waals surface area contributed by atoms with Crippen LogP contribution in [-0.2, 0) is 14.6 Å². The zero-order valence-corrected chi connectivity index (χ0v) is 11.2. The maximum atomic E-state index is 11.9. The van der Waals surface area contributed by atoms with Crippen molar-refractivity contribution in [2.45, 2.75) is 13.3 Å². The number of carbonyl (C=O) groups is 1. The Balaban J connectivity index is 3.56. The fourth-order valence-corrected chi connectivity index (χ4v) is 2.52. The Bertz CT molecular complexity index is 604. The van der Waals surface area contributed by atoms with Gasteiger partial charge in [-0.1, -0.05) is 31.7 Å². The van der Waals surface area contributed by atoms with Crippen LogP contribution < -0.4 is 0 Å². The van der Waals surface area contributed by atoms with Crippen LogP contribution in [0.5, 0.6) is 0 Å². The van der Waals surface area contributed by atoms with Crippen LogP contribution in [0, 0.1) is 5.41 Å². The molecule has 18 heavy (non-hydrogen) atoms. The van der Waals surface area contributed by atoms with Gasteiger partial charge in [-0.15, -0.1) is 0 Å². The van der Waals surface area contributed by atoms with Gasteiger partial charge in [0.2, 0.25) is 5.78 Å². The zero-order valence-electron chi connectivity index (χ0n) is 10.4. The van der Waals surface area contributed by atoms with Crippen LogP contribution in [0.3, 0.4) is 0 Å². The SMILES string of the molecule is C=CC1=C(/C=C\CC)C(=O)C(=N)C=C1S(C)(=O)=O. The molecule has 0 fully saturated rings. The van der Waals surface area contributed by atoms with Gasteiger partial charge in [0.15, 0.2) is 9.84 Å². The predicted molar refractivity (Wildman–Crippen MR) is 72.3 cm³/mol. The van der Waals surface area contributed by atoms with E-state index in [0.717, 1.165) is 12.3 Å². The van der Waals surface area contributed by atoms with Gasteiger partial charge in [0, 0.05) is 17.4 Å². The van der Waals surface area contributed by atoms with Gasteiger partial charge in [-0.3, -0.25) is 10.2 Å². The van der Waals surface area contributed by atoms with Crippen molar-refractivity contribution < 1.29 is 13.2 Å². The molecule has 0 radical (unpaired) electrons. The van der Waals surface area contributed by atoms with Crippen molar-refractivity contribution in [3.63, 3.8) is 0 Å². The second-order valence-electron chi connectivity index (χ2n) is 3.87. The molecule has 1 aliphatic carbocycles. The van der Waals surface area contributed by atoms with Crippen LogP contribution >= 0.6 is 0 Å². The monoisotopic (exact) mass is 265 g/mol. The maximum Gasteiger partial charge on any atom is 0.211 e. The van der Waals surface area contributed by atoms with E-state index in [9.17, 15) is 13.2 Å². The molecule has 4 nitrogen and oxygen atoms in total. The lowest BCUT2D eigenvalue weighted by molar-refractivity contribution is -0.109. The van der Waals surface area contributed by atoms with Crippen molar-refractivity contribution in [2.24, 2.45) is 0 Å². The molecule has 0 atom stereocenters. The van der Waals surface area contributed by atoms with E-state index in [1.54, 1.807) is 12.2 Å². The number of allylic oxidation sites excluding steroid dienone is 6. The Kier molecular flexibility index (Phi) is 4.19. The van der Waals surface area contributed by atoms with E-state index in [0.29, 0.717) is 6.42 Å². The third kappa shape index (κ3) is 2.73. The summed E-state index contributed by atoms with van der Waals surface area (Å²) >= 11 is 0. The molecule has 0 aromatic heterocycles. The number of hydrogen-bond acceptors (Lipinski definition) is 4. The summed E-state index contributed by atoms with van der Waals surface area (Å²) in [6, 6.07) is 0. The molecule has 96 valence electrons. The largest absolute Gasteiger partial charge is 0.297 e. The highest BCUT2D eigenvalue weighted by Crippen LogP contribution is 2.27. The first kappa shape index (κ1) is 14.3. The van der Waals surface area contributed by atoms with Crippen molar-refractivity contribution in [2.75, 3.05) is 6.26 Å². The number of sulfone groups is 1. The minimum absolute atomic E-state index is 0.0298. The highest BCUT2D eigenvalue weighted by atomic mass is 32.2. The number of Topliss-reactive ketones (excluding diaryl/α,β-unsaturated/α-hetero) is 1. The second kappa shape index (κ2) is 5.27. The average molecular weight is 265 g/mol. The highest BCUT2D eigenvalue weighted by Gasteiger charge is 2.27. The molecule has 1 N–H and O–H groups in total. The fraction of sp³-hybridized carbons (Fsp3) is 0.231. The van der Waals surface area contributed by atoms with E-state index in [1.807, 2.05) is 6.92 Å². The minimum atomic E-state index is -3.50. The highest BCUT2D eigenvalue weighted by molar-refractivity contribution is 7.94. The molecule has 0 amide bonds. The lowest BCUT2D eigenvalue weighted by Crippen LogP contribution is -2.22. The lowest BCUT2D eigenvalue weighted by Gasteiger charge is -2.16. The molecular formula is C13H15NO3S. The molecular weight excluding hydrogens is 250 g/mol. The van der Waals surface area contributed by atoms with Gasteiger partial charge in [0.25, 0.3) is 0 Å². The fourth-order valence-electron chi connectivity index (χ4n) is 1.59. The summed E-state index contributed by atoms with van der Waals surface area (Å²) in [6.45, 7) is 5.45. The van der Waals surface area contributed by atoms with Crippen molar-refractivity contribution in [3.05, 3.63) is 46.9 Å². The van der Waals surface area contributed by atoms with Crippen LogP contribution in [0.4, 0.5) is 0 Å². The van der Waals surface area contributed by atoms with Crippen molar-refractivity contribution in [3.8, 4) is 0 Å². The smallest absolute Gasteiger partial charge is 0.211 e. The first-order chi connectivity index (χ1) is 8.32. The summed E-state index contributed by atoms with van der Waals surface area (Å²) < 4.78 is 23.3. The van der Waals surface area contributed by atoms with Crippen molar-refractivity contribution in [1.29, 1.82) is 5.41 Å². The van der Waals surface area contributed by atoms with Crippen molar-refractivity contribution in [1.82, 2.24) is 0 Å². The zero-order chi connectivity index (χ0) is 13.9. The Morgan fingerprint density at radius 2 is 2.00 bits per heavy atom. The second-order valence-corrected chi connectivity index (χ2v) is 5.85. The number of nitrogens with one attached hydrogen (secondary N) is 1. The van der Waals surface area contributed by atoms with E-state index in [2.05, 4.69) is 6.58 Å². The summed E-state index contributed by atoms with van der Waals surface area (Å²) in [5.74, 6) is -0.484. The molecule has 0 unspecified atom stereocenters. The maximum absolute atomic E-state index is 11.9. The Morgan fingerprint density at radius 3 is 2.44 bits per heavy atom.